The number of sulfonamides is 1. The molecule has 0 spiro atoms. The van der Waals surface area contributed by atoms with Crippen molar-refractivity contribution in [1.82, 2.24) is 4.72 Å². The van der Waals surface area contributed by atoms with Gasteiger partial charge in [0.2, 0.25) is 10.0 Å². The van der Waals surface area contributed by atoms with Crippen LogP contribution in [0.5, 0.6) is 0 Å². The van der Waals surface area contributed by atoms with E-state index in [2.05, 4.69) is 18.6 Å². The van der Waals surface area contributed by atoms with E-state index in [0.29, 0.717) is 12.5 Å². The second kappa shape index (κ2) is 5.83. The van der Waals surface area contributed by atoms with Crippen LogP contribution in [0.4, 0.5) is 0 Å². The van der Waals surface area contributed by atoms with Gasteiger partial charge in [0.1, 0.15) is 0 Å². The molecule has 0 aromatic heterocycles. The topological polar surface area (TPSA) is 46.2 Å². The molecule has 0 radical (unpaired) electrons. The molecule has 0 saturated carbocycles. The molecule has 0 aliphatic rings. The summed E-state index contributed by atoms with van der Waals surface area (Å²) in [5.41, 5.74) is 0. The first-order chi connectivity index (χ1) is 5.87. The van der Waals surface area contributed by atoms with Crippen LogP contribution in [0.3, 0.4) is 0 Å². The van der Waals surface area contributed by atoms with Gasteiger partial charge in [-0.1, -0.05) is 13.8 Å². The molecule has 80 valence electrons. The van der Waals surface area contributed by atoms with Gasteiger partial charge in [0.15, 0.2) is 0 Å². The second-order valence-corrected chi connectivity index (χ2v) is 6.19. The normalized spacial score (nSPS) is 14.8. The SMILES string of the molecule is CCS(=O)(=O)NCC(Cl)CC(C)C. The molecule has 0 fully saturated rings. The highest BCUT2D eigenvalue weighted by Crippen LogP contribution is 2.09. The van der Waals surface area contributed by atoms with Gasteiger partial charge in [-0.3, -0.25) is 0 Å². The quantitative estimate of drug-likeness (QED) is 0.701. The number of hydrogen-bond acceptors (Lipinski definition) is 2. The predicted molar refractivity (Wildman–Crippen MR) is 56.6 cm³/mol. The van der Waals surface area contributed by atoms with E-state index in [0.717, 1.165) is 6.42 Å². The van der Waals surface area contributed by atoms with Gasteiger partial charge in [0.25, 0.3) is 0 Å². The van der Waals surface area contributed by atoms with E-state index in [-0.39, 0.29) is 11.1 Å². The minimum Gasteiger partial charge on any atom is -0.214 e. The fraction of sp³-hybridized carbons (Fsp3) is 1.00. The van der Waals surface area contributed by atoms with E-state index in [1.54, 1.807) is 6.92 Å². The van der Waals surface area contributed by atoms with E-state index in [4.69, 9.17) is 11.6 Å². The third-order valence-electron chi connectivity index (χ3n) is 1.63. The standard InChI is InChI=1S/C8H18ClNO2S/c1-4-13(11,12)10-6-8(9)5-7(2)3/h7-8,10H,4-6H2,1-3H3. The van der Waals surface area contributed by atoms with Crippen molar-refractivity contribution in [2.45, 2.75) is 32.6 Å². The van der Waals surface area contributed by atoms with Crippen molar-refractivity contribution in [2.24, 2.45) is 5.92 Å². The smallest absolute Gasteiger partial charge is 0.211 e. The highest BCUT2D eigenvalue weighted by Gasteiger charge is 2.11. The first-order valence-electron chi connectivity index (χ1n) is 4.48. The Hall–Kier alpha value is 0.200. The van der Waals surface area contributed by atoms with Gasteiger partial charge in [-0.2, -0.15) is 0 Å². The Labute approximate surface area is 85.9 Å². The van der Waals surface area contributed by atoms with Gasteiger partial charge < -0.3 is 0 Å². The minimum absolute atomic E-state index is 0.109. The molecular weight excluding hydrogens is 210 g/mol. The fourth-order valence-electron chi connectivity index (χ4n) is 0.914. The number of nitrogens with one attached hydrogen (secondary N) is 1. The Kier molecular flexibility index (Phi) is 5.92. The Balaban J connectivity index is 3.77. The highest BCUT2D eigenvalue weighted by atomic mass is 35.5. The van der Waals surface area contributed by atoms with E-state index < -0.39 is 10.0 Å². The third kappa shape index (κ3) is 7.28. The van der Waals surface area contributed by atoms with Crippen LogP contribution in [0, 0.1) is 5.92 Å². The van der Waals surface area contributed by atoms with Gasteiger partial charge in [-0.15, -0.1) is 11.6 Å². The van der Waals surface area contributed by atoms with Crippen LogP contribution in [0.25, 0.3) is 0 Å². The van der Waals surface area contributed by atoms with Crippen molar-refractivity contribution in [3.8, 4) is 0 Å². The maximum absolute atomic E-state index is 11.0. The molecule has 1 atom stereocenters. The molecule has 0 aliphatic heterocycles. The van der Waals surface area contributed by atoms with Crippen molar-refractivity contribution in [2.75, 3.05) is 12.3 Å². The van der Waals surface area contributed by atoms with Crippen LogP contribution in [0.15, 0.2) is 0 Å². The molecule has 0 amide bonds. The largest absolute Gasteiger partial charge is 0.214 e. The zero-order valence-electron chi connectivity index (χ0n) is 8.38. The summed E-state index contributed by atoms with van der Waals surface area (Å²) in [4.78, 5) is 0. The van der Waals surface area contributed by atoms with Crippen molar-refractivity contribution in [1.29, 1.82) is 0 Å². The molecular formula is C8H18ClNO2S. The molecule has 5 heteroatoms. The summed E-state index contributed by atoms with van der Waals surface area (Å²) in [5.74, 6) is 0.604. The summed E-state index contributed by atoms with van der Waals surface area (Å²) in [6.07, 6.45) is 0.827. The third-order valence-corrected chi connectivity index (χ3v) is 3.33. The van der Waals surface area contributed by atoms with Crippen LogP contribution >= 0.6 is 11.6 Å². The summed E-state index contributed by atoms with van der Waals surface area (Å²) < 4.78 is 24.5. The van der Waals surface area contributed by atoms with Crippen LogP contribution in [-0.4, -0.2) is 26.1 Å². The average Bonchev–Trinajstić information content (AvgIpc) is 2.00. The number of alkyl halides is 1. The summed E-state index contributed by atoms with van der Waals surface area (Å²) >= 11 is 5.91. The maximum Gasteiger partial charge on any atom is 0.211 e. The minimum atomic E-state index is -3.08. The Bertz CT molecular complexity index is 226. The lowest BCUT2D eigenvalue weighted by molar-refractivity contribution is 0.545. The van der Waals surface area contributed by atoms with Gasteiger partial charge >= 0.3 is 0 Å². The van der Waals surface area contributed by atoms with E-state index in [9.17, 15) is 8.42 Å². The van der Waals surface area contributed by atoms with E-state index in [1.165, 1.54) is 0 Å². The van der Waals surface area contributed by atoms with Gasteiger partial charge in [-0.25, -0.2) is 13.1 Å². The van der Waals surface area contributed by atoms with Crippen LogP contribution in [0.2, 0.25) is 0 Å². The van der Waals surface area contributed by atoms with Crippen LogP contribution in [-0.2, 0) is 10.0 Å². The van der Waals surface area contributed by atoms with Crippen LogP contribution in [0.1, 0.15) is 27.2 Å². The molecule has 0 aromatic carbocycles. The molecule has 1 unspecified atom stereocenters. The zero-order valence-corrected chi connectivity index (χ0v) is 9.95. The lowest BCUT2D eigenvalue weighted by Crippen LogP contribution is -2.31. The molecule has 0 rings (SSSR count). The monoisotopic (exact) mass is 227 g/mol. The summed E-state index contributed by atoms with van der Waals surface area (Å²) in [5, 5.41) is -0.110. The first kappa shape index (κ1) is 13.2. The van der Waals surface area contributed by atoms with E-state index >= 15 is 0 Å². The zero-order chi connectivity index (χ0) is 10.5. The maximum atomic E-state index is 11.0. The van der Waals surface area contributed by atoms with Crippen LogP contribution < -0.4 is 4.72 Å². The molecule has 3 nitrogen and oxygen atoms in total. The molecule has 0 heterocycles. The fourth-order valence-corrected chi connectivity index (χ4v) is 2.10. The molecule has 0 bridgehead atoms. The van der Waals surface area contributed by atoms with Gasteiger partial charge in [0, 0.05) is 11.9 Å². The molecule has 0 aromatic rings. The van der Waals surface area contributed by atoms with E-state index in [1.807, 2.05) is 0 Å². The molecule has 13 heavy (non-hydrogen) atoms. The number of rotatable bonds is 6. The highest BCUT2D eigenvalue weighted by molar-refractivity contribution is 7.89. The summed E-state index contributed by atoms with van der Waals surface area (Å²) in [6.45, 7) is 6.05. The first-order valence-corrected chi connectivity index (χ1v) is 6.57. The summed E-state index contributed by atoms with van der Waals surface area (Å²) in [6, 6.07) is 0. The van der Waals surface area contributed by atoms with Crippen molar-refractivity contribution >= 4 is 21.6 Å². The lowest BCUT2D eigenvalue weighted by Gasteiger charge is -2.12. The Morgan fingerprint density at radius 2 is 1.92 bits per heavy atom. The predicted octanol–water partition coefficient (Wildman–Crippen LogP) is 1.58. The number of hydrogen-bond donors (Lipinski definition) is 1. The average molecular weight is 228 g/mol. The molecule has 0 saturated heterocycles. The van der Waals surface area contributed by atoms with Crippen molar-refractivity contribution in [3.05, 3.63) is 0 Å². The summed E-state index contributed by atoms with van der Waals surface area (Å²) in [7, 11) is -3.08. The molecule has 1 N–H and O–H groups in total. The second-order valence-electron chi connectivity index (χ2n) is 3.48. The molecule has 0 aliphatic carbocycles. The number of halogens is 1. The Morgan fingerprint density at radius 1 is 1.38 bits per heavy atom. The van der Waals surface area contributed by atoms with Gasteiger partial charge in [0.05, 0.1) is 5.75 Å². The lowest BCUT2D eigenvalue weighted by atomic mass is 10.1. The Morgan fingerprint density at radius 3 is 2.31 bits per heavy atom. The van der Waals surface area contributed by atoms with Gasteiger partial charge in [-0.05, 0) is 19.3 Å². The van der Waals surface area contributed by atoms with Crippen molar-refractivity contribution in [3.63, 3.8) is 0 Å². The van der Waals surface area contributed by atoms with Crippen molar-refractivity contribution < 1.29 is 8.42 Å².